The van der Waals surface area contributed by atoms with Crippen LogP contribution in [0.15, 0.2) is 66.2 Å². The Balaban J connectivity index is 1.29. The number of thiazole rings is 1. The number of nitrogens with one attached hydrogen (secondary N) is 1. The van der Waals surface area contributed by atoms with Gasteiger partial charge in [0.05, 0.1) is 27.8 Å². The van der Waals surface area contributed by atoms with E-state index in [1.165, 1.54) is 23.7 Å². The molecule has 13 heteroatoms. The second-order valence-electron chi connectivity index (χ2n) is 9.49. The van der Waals surface area contributed by atoms with Crippen LogP contribution in [0.3, 0.4) is 0 Å². The molecule has 7 nitrogen and oxygen atoms in total. The number of carboxylic acid groups (broad SMARTS) is 1. The van der Waals surface area contributed by atoms with Gasteiger partial charge in [0.25, 0.3) is 5.91 Å². The first-order valence-corrected chi connectivity index (χ1v) is 13.6. The van der Waals surface area contributed by atoms with E-state index in [-0.39, 0.29) is 39.4 Å². The standard InChI is InChI=1S/C28H21ClF4N4O3S/c29-21-10-16(11-34-24(21)37-12-17(19(13-37)26(39)40)9-15-5-2-1-3-6-15)25(38)36-27-35-22(14-41-27)18-7-4-8-20(23(18)30)28(31,32)33/h1-8,10-11,14,17,19H,9,12-13H2,(H,39,40)(H,35,36,38)/t17-,19-/m0/s1. The number of nitrogens with zero attached hydrogens (tertiary/aromatic N) is 3. The molecule has 0 saturated carbocycles. The Hall–Kier alpha value is -4.03. The number of hydrogen-bond donors (Lipinski definition) is 2. The first-order chi connectivity index (χ1) is 19.5. The van der Waals surface area contributed by atoms with Crippen molar-refractivity contribution in [2.75, 3.05) is 23.3 Å². The highest BCUT2D eigenvalue weighted by atomic mass is 35.5. The lowest BCUT2D eigenvalue weighted by Gasteiger charge is -2.19. The summed E-state index contributed by atoms with van der Waals surface area (Å²) in [7, 11) is 0. The fourth-order valence-electron chi connectivity index (χ4n) is 4.81. The summed E-state index contributed by atoms with van der Waals surface area (Å²) in [6.45, 7) is 0.622. The van der Waals surface area contributed by atoms with Crippen molar-refractivity contribution in [2.24, 2.45) is 11.8 Å². The van der Waals surface area contributed by atoms with Crippen LogP contribution in [0.25, 0.3) is 11.3 Å². The van der Waals surface area contributed by atoms with Gasteiger partial charge in [0, 0.05) is 30.2 Å². The Morgan fingerprint density at radius 3 is 2.56 bits per heavy atom. The van der Waals surface area contributed by atoms with Gasteiger partial charge >= 0.3 is 12.1 Å². The minimum atomic E-state index is -4.86. The van der Waals surface area contributed by atoms with E-state index in [4.69, 9.17) is 11.6 Å². The number of carbonyl (C=O) groups is 2. The topological polar surface area (TPSA) is 95.4 Å². The van der Waals surface area contributed by atoms with Crippen molar-refractivity contribution < 1.29 is 32.3 Å². The molecule has 0 spiro atoms. The maximum Gasteiger partial charge on any atom is 0.419 e. The molecule has 4 aromatic rings. The van der Waals surface area contributed by atoms with Crippen LogP contribution in [0, 0.1) is 17.7 Å². The Morgan fingerprint density at radius 2 is 1.88 bits per heavy atom. The zero-order valence-electron chi connectivity index (χ0n) is 21.0. The predicted octanol–water partition coefficient (Wildman–Crippen LogP) is 6.65. The molecule has 1 aliphatic heterocycles. The normalized spacial score (nSPS) is 17.0. The highest BCUT2D eigenvalue weighted by Gasteiger charge is 2.39. The summed E-state index contributed by atoms with van der Waals surface area (Å²) >= 11 is 7.38. The number of alkyl halides is 3. The Labute approximate surface area is 240 Å². The van der Waals surface area contributed by atoms with Crippen molar-refractivity contribution in [3.63, 3.8) is 0 Å². The Bertz CT molecular complexity index is 1600. The molecule has 0 aliphatic carbocycles. The van der Waals surface area contributed by atoms with Crippen molar-refractivity contribution >= 4 is 45.8 Å². The average molecular weight is 605 g/mol. The number of aliphatic carboxylic acids is 1. The van der Waals surface area contributed by atoms with Gasteiger partial charge in [-0.3, -0.25) is 14.9 Å². The van der Waals surface area contributed by atoms with Crippen molar-refractivity contribution in [3.8, 4) is 11.3 Å². The first kappa shape index (κ1) is 28.5. The highest BCUT2D eigenvalue weighted by molar-refractivity contribution is 7.14. The number of rotatable bonds is 7. The lowest BCUT2D eigenvalue weighted by Crippen LogP contribution is -2.24. The first-order valence-electron chi connectivity index (χ1n) is 12.3. The van der Waals surface area contributed by atoms with E-state index >= 15 is 0 Å². The zero-order valence-corrected chi connectivity index (χ0v) is 22.6. The van der Waals surface area contributed by atoms with Crippen LogP contribution in [-0.4, -0.2) is 40.0 Å². The molecule has 1 saturated heterocycles. The zero-order chi connectivity index (χ0) is 29.3. The molecule has 0 bridgehead atoms. The van der Waals surface area contributed by atoms with Crippen LogP contribution in [0.1, 0.15) is 21.5 Å². The third kappa shape index (κ3) is 6.18. The lowest BCUT2D eigenvalue weighted by molar-refractivity contribution is -0.142. The van der Waals surface area contributed by atoms with Crippen LogP contribution in [0.2, 0.25) is 5.02 Å². The van der Waals surface area contributed by atoms with Crippen LogP contribution in [0.5, 0.6) is 0 Å². The molecule has 0 unspecified atom stereocenters. The number of amides is 1. The molecule has 2 aromatic heterocycles. The SMILES string of the molecule is O=C(Nc1nc(-c2cccc(C(F)(F)F)c2F)cs1)c1cnc(N2C[C@H](Cc3ccccc3)[C@@H](C(=O)O)C2)c(Cl)c1. The molecule has 2 aromatic carbocycles. The predicted molar refractivity (Wildman–Crippen MR) is 147 cm³/mol. The molecular formula is C28H21ClF4N4O3S. The summed E-state index contributed by atoms with van der Waals surface area (Å²) in [4.78, 5) is 35.0. The third-order valence-electron chi connectivity index (χ3n) is 6.79. The van der Waals surface area contributed by atoms with Crippen molar-refractivity contribution in [2.45, 2.75) is 12.6 Å². The van der Waals surface area contributed by atoms with Gasteiger partial charge in [0.1, 0.15) is 11.6 Å². The average Bonchev–Trinajstić information content (AvgIpc) is 3.56. The fourth-order valence-corrected chi connectivity index (χ4v) is 5.80. The number of pyridine rings is 1. The van der Waals surface area contributed by atoms with E-state index in [0.29, 0.717) is 24.8 Å². The molecule has 1 fully saturated rings. The minimum Gasteiger partial charge on any atom is -0.481 e. The second-order valence-corrected chi connectivity index (χ2v) is 10.8. The van der Waals surface area contributed by atoms with E-state index in [0.717, 1.165) is 23.0 Å². The van der Waals surface area contributed by atoms with Crippen LogP contribution in [-0.2, 0) is 17.4 Å². The van der Waals surface area contributed by atoms with E-state index in [2.05, 4.69) is 15.3 Å². The molecule has 3 heterocycles. The molecule has 2 atom stereocenters. The molecule has 212 valence electrons. The van der Waals surface area contributed by atoms with E-state index < -0.39 is 35.4 Å². The molecular weight excluding hydrogens is 584 g/mol. The van der Waals surface area contributed by atoms with Gasteiger partial charge in [0.2, 0.25) is 0 Å². The summed E-state index contributed by atoms with van der Waals surface area (Å²) < 4.78 is 53.7. The van der Waals surface area contributed by atoms with Gasteiger partial charge in [-0.15, -0.1) is 11.3 Å². The molecule has 41 heavy (non-hydrogen) atoms. The molecule has 0 radical (unpaired) electrons. The molecule has 1 amide bonds. The quantitative estimate of drug-likeness (QED) is 0.229. The number of carbonyl (C=O) groups excluding carboxylic acids is 1. The summed E-state index contributed by atoms with van der Waals surface area (Å²) in [6.07, 6.45) is -3.00. The van der Waals surface area contributed by atoms with Crippen molar-refractivity contribution in [3.05, 3.63) is 93.7 Å². The second kappa shape index (κ2) is 11.5. The van der Waals surface area contributed by atoms with E-state index in [1.54, 1.807) is 4.90 Å². The summed E-state index contributed by atoms with van der Waals surface area (Å²) in [5.74, 6) is -3.45. The van der Waals surface area contributed by atoms with Gasteiger partial charge in [-0.05, 0) is 36.1 Å². The molecule has 2 N–H and O–H groups in total. The van der Waals surface area contributed by atoms with Gasteiger partial charge in [-0.25, -0.2) is 14.4 Å². The maximum atomic E-state index is 14.5. The van der Waals surface area contributed by atoms with Gasteiger partial charge in [-0.1, -0.05) is 48.0 Å². The third-order valence-corrected chi connectivity index (χ3v) is 7.82. The van der Waals surface area contributed by atoms with Crippen LogP contribution < -0.4 is 10.2 Å². The van der Waals surface area contributed by atoms with Crippen molar-refractivity contribution in [1.82, 2.24) is 9.97 Å². The minimum absolute atomic E-state index is 0.0367. The van der Waals surface area contributed by atoms with Gasteiger partial charge in [-0.2, -0.15) is 13.2 Å². The van der Waals surface area contributed by atoms with Crippen LogP contribution >= 0.6 is 22.9 Å². The number of hydrogen-bond acceptors (Lipinski definition) is 6. The number of halogens is 5. The summed E-state index contributed by atoms with van der Waals surface area (Å²) in [6, 6.07) is 13.9. The lowest BCUT2D eigenvalue weighted by atomic mass is 9.90. The number of benzene rings is 2. The number of carboxylic acids is 1. The Morgan fingerprint density at radius 1 is 1.12 bits per heavy atom. The smallest absolute Gasteiger partial charge is 0.419 e. The highest BCUT2D eigenvalue weighted by Crippen LogP contribution is 2.37. The molecule has 1 aliphatic rings. The number of anilines is 2. The van der Waals surface area contributed by atoms with Crippen LogP contribution in [0.4, 0.5) is 28.5 Å². The van der Waals surface area contributed by atoms with Crippen molar-refractivity contribution in [1.29, 1.82) is 0 Å². The van der Waals surface area contributed by atoms with Gasteiger partial charge < -0.3 is 10.0 Å². The largest absolute Gasteiger partial charge is 0.481 e. The maximum absolute atomic E-state index is 14.5. The monoisotopic (exact) mass is 604 g/mol. The van der Waals surface area contributed by atoms with Gasteiger partial charge in [0.15, 0.2) is 5.13 Å². The van der Waals surface area contributed by atoms with E-state index in [1.807, 2.05) is 30.3 Å². The summed E-state index contributed by atoms with van der Waals surface area (Å²) in [5.41, 5.74) is -0.712. The fraction of sp³-hybridized carbons (Fsp3) is 0.214. The molecule has 5 rings (SSSR count). The van der Waals surface area contributed by atoms with E-state index in [9.17, 15) is 32.3 Å². The number of aromatic nitrogens is 2. The summed E-state index contributed by atoms with van der Waals surface area (Å²) in [5, 5.41) is 13.8. The Kier molecular flexibility index (Phi) is 7.96.